The molecule has 0 bridgehead atoms. The predicted molar refractivity (Wildman–Crippen MR) is 99.5 cm³/mol. The number of carbonyl (C=O) groups is 4. The van der Waals surface area contributed by atoms with Gasteiger partial charge in [-0.1, -0.05) is 29.8 Å². The van der Waals surface area contributed by atoms with Gasteiger partial charge in [-0.15, -0.1) is 0 Å². The van der Waals surface area contributed by atoms with Gasteiger partial charge in [0.2, 0.25) is 11.8 Å². The van der Waals surface area contributed by atoms with E-state index in [0.717, 1.165) is 9.80 Å². The fourth-order valence-corrected chi connectivity index (χ4v) is 2.90. The third-order valence-corrected chi connectivity index (χ3v) is 4.32. The van der Waals surface area contributed by atoms with Crippen molar-refractivity contribution in [3.8, 4) is 0 Å². The summed E-state index contributed by atoms with van der Waals surface area (Å²) in [4.78, 5) is 51.1. The first-order valence-corrected chi connectivity index (χ1v) is 8.49. The number of nitrogens with one attached hydrogen (secondary N) is 1. The van der Waals surface area contributed by atoms with Crippen LogP contribution in [0, 0.1) is 0 Å². The molecule has 0 fully saturated rings. The van der Waals surface area contributed by atoms with E-state index in [2.05, 4.69) is 5.32 Å². The molecule has 3 rings (SSSR count). The third-order valence-electron chi connectivity index (χ3n) is 4.09. The summed E-state index contributed by atoms with van der Waals surface area (Å²) in [5.41, 5.74) is 1.06. The van der Waals surface area contributed by atoms with Gasteiger partial charge in [0.1, 0.15) is 6.54 Å². The topological polar surface area (TPSA) is 86.8 Å². The highest BCUT2D eigenvalue weighted by Crippen LogP contribution is 2.22. The van der Waals surface area contributed by atoms with Gasteiger partial charge in [-0.3, -0.25) is 24.1 Å². The average molecular weight is 386 g/mol. The fraction of sp³-hybridized carbons (Fsp3) is 0.158. The fourth-order valence-electron chi connectivity index (χ4n) is 2.71. The standard InChI is InChI=1S/C19H16ClN3O4/c1-22(10-16(24)21-13-6-4-5-12(20)9-13)17(25)11-23-18(26)14-7-2-3-8-15(14)19(23)27/h2-9H,10-11H2,1H3,(H,21,24). The number of nitrogens with zero attached hydrogens (tertiary/aromatic N) is 2. The van der Waals surface area contributed by atoms with Crippen molar-refractivity contribution in [2.45, 2.75) is 0 Å². The van der Waals surface area contributed by atoms with E-state index in [4.69, 9.17) is 11.6 Å². The predicted octanol–water partition coefficient (Wildman–Crippen LogP) is 2.03. The van der Waals surface area contributed by atoms with Crippen molar-refractivity contribution in [1.29, 1.82) is 0 Å². The van der Waals surface area contributed by atoms with Gasteiger partial charge in [0.15, 0.2) is 0 Å². The summed E-state index contributed by atoms with van der Waals surface area (Å²) in [5.74, 6) is -1.97. The Morgan fingerprint density at radius 2 is 1.67 bits per heavy atom. The first-order chi connectivity index (χ1) is 12.9. The van der Waals surface area contributed by atoms with E-state index in [0.29, 0.717) is 10.7 Å². The van der Waals surface area contributed by atoms with Gasteiger partial charge in [0.25, 0.3) is 11.8 Å². The zero-order valence-corrected chi connectivity index (χ0v) is 15.2. The SMILES string of the molecule is CN(CC(=O)Nc1cccc(Cl)c1)C(=O)CN1C(=O)c2ccccc2C1=O. The molecule has 1 aliphatic heterocycles. The third kappa shape index (κ3) is 3.98. The van der Waals surface area contributed by atoms with E-state index in [9.17, 15) is 19.2 Å². The van der Waals surface area contributed by atoms with Gasteiger partial charge in [-0.25, -0.2) is 0 Å². The Bertz CT molecular complexity index is 909. The van der Waals surface area contributed by atoms with Crippen molar-refractivity contribution in [2.75, 3.05) is 25.5 Å². The number of carbonyl (C=O) groups excluding carboxylic acids is 4. The van der Waals surface area contributed by atoms with Crippen LogP contribution in [0.1, 0.15) is 20.7 Å². The van der Waals surface area contributed by atoms with Gasteiger partial charge in [0, 0.05) is 17.8 Å². The first kappa shape index (κ1) is 18.6. The highest BCUT2D eigenvalue weighted by atomic mass is 35.5. The van der Waals surface area contributed by atoms with Crippen molar-refractivity contribution in [2.24, 2.45) is 0 Å². The Kier molecular flexibility index (Phi) is 5.23. The summed E-state index contributed by atoms with van der Waals surface area (Å²) < 4.78 is 0. The summed E-state index contributed by atoms with van der Waals surface area (Å²) in [6.45, 7) is -0.651. The molecule has 1 heterocycles. The van der Waals surface area contributed by atoms with E-state index in [1.807, 2.05) is 0 Å². The number of hydrogen-bond acceptors (Lipinski definition) is 4. The molecule has 0 saturated heterocycles. The maximum atomic E-state index is 12.4. The average Bonchev–Trinajstić information content (AvgIpc) is 2.87. The second-order valence-electron chi connectivity index (χ2n) is 6.05. The van der Waals surface area contributed by atoms with E-state index >= 15 is 0 Å². The Labute approximate surface area is 160 Å². The molecule has 2 aromatic carbocycles. The molecule has 8 heteroatoms. The van der Waals surface area contributed by atoms with Crippen molar-refractivity contribution in [1.82, 2.24) is 9.80 Å². The quantitative estimate of drug-likeness (QED) is 0.798. The number of likely N-dealkylation sites (N-methyl/N-ethyl adjacent to an activating group) is 1. The van der Waals surface area contributed by atoms with Gasteiger partial charge < -0.3 is 10.2 Å². The minimum Gasteiger partial charge on any atom is -0.335 e. The molecule has 0 saturated carbocycles. The van der Waals surface area contributed by atoms with E-state index < -0.39 is 30.2 Å². The molecule has 0 unspecified atom stereocenters. The molecule has 4 amide bonds. The summed E-state index contributed by atoms with van der Waals surface area (Å²) in [6.07, 6.45) is 0. The molecule has 1 aliphatic rings. The summed E-state index contributed by atoms with van der Waals surface area (Å²) >= 11 is 5.86. The van der Waals surface area contributed by atoms with Crippen molar-refractivity contribution >= 4 is 40.9 Å². The Balaban J connectivity index is 1.59. The van der Waals surface area contributed by atoms with Crippen LogP contribution >= 0.6 is 11.6 Å². The lowest BCUT2D eigenvalue weighted by Crippen LogP contribution is -2.43. The lowest BCUT2D eigenvalue weighted by molar-refractivity contribution is -0.133. The lowest BCUT2D eigenvalue weighted by atomic mass is 10.1. The molecule has 1 N–H and O–H groups in total. The number of amides is 4. The molecular weight excluding hydrogens is 370 g/mol. The molecule has 0 radical (unpaired) electrons. The Hall–Kier alpha value is -3.19. The maximum Gasteiger partial charge on any atom is 0.262 e. The van der Waals surface area contributed by atoms with Crippen molar-refractivity contribution in [3.05, 3.63) is 64.7 Å². The second kappa shape index (κ2) is 7.59. The molecule has 0 aliphatic carbocycles. The lowest BCUT2D eigenvalue weighted by Gasteiger charge is -2.20. The number of rotatable bonds is 5. The zero-order chi connectivity index (χ0) is 19.6. The largest absolute Gasteiger partial charge is 0.335 e. The minimum absolute atomic E-state index is 0.228. The Morgan fingerprint density at radius 1 is 1.04 bits per heavy atom. The van der Waals surface area contributed by atoms with Crippen molar-refractivity contribution < 1.29 is 19.2 Å². The van der Waals surface area contributed by atoms with Crippen LogP contribution in [0.3, 0.4) is 0 Å². The molecule has 0 spiro atoms. The van der Waals surface area contributed by atoms with Crippen LogP contribution in [-0.4, -0.2) is 53.6 Å². The molecule has 2 aromatic rings. The summed E-state index contributed by atoms with van der Waals surface area (Å²) in [5, 5.41) is 3.10. The monoisotopic (exact) mass is 385 g/mol. The first-order valence-electron chi connectivity index (χ1n) is 8.11. The van der Waals surface area contributed by atoms with Gasteiger partial charge >= 0.3 is 0 Å². The number of fused-ring (bicyclic) bond motifs is 1. The molecule has 138 valence electrons. The number of halogens is 1. The van der Waals surface area contributed by atoms with Gasteiger partial charge in [0.05, 0.1) is 17.7 Å². The van der Waals surface area contributed by atoms with E-state index in [1.54, 1.807) is 48.5 Å². The van der Waals surface area contributed by atoms with Crippen LogP contribution < -0.4 is 5.32 Å². The van der Waals surface area contributed by atoms with Crippen LogP contribution in [-0.2, 0) is 9.59 Å². The second-order valence-corrected chi connectivity index (χ2v) is 6.49. The summed E-state index contributed by atoms with van der Waals surface area (Å²) in [6, 6.07) is 13.0. The highest BCUT2D eigenvalue weighted by molar-refractivity contribution is 6.30. The van der Waals surface area contributed by atoms with Crippen LogP contribution in [0.2, 0.25) is 5.02 Å². The normalized spacial score (nSPS) is 12.7. The van der Waals surface area contributed by atoms with Gasteiger partial charge in [-0.05, 0) is 30.3 Å². The molecule has 0 aromatic heterocycles. The smallest absolute Gasteiger partial charge is 0.262 e. The molecule has 7 nitrogen and oxygen atoms in total. The van der Waals surface area contributed by atoms with E-state index in [-0.39, 0.29) is 17.7 Å². The molecule has 0 atom stereocenters. The van der Waals surface area contributed by atoms with Crippen LogP contribution in [0.5, 0.6) is 0 Å². The van der Waals surface area contributed by atoms with Crippen molar-refractivity contribution in [3.63, 3.8) is 0 Å². The maximum absolute atomic E-state index is 12.4. The number of anilines is 1. The molecular formula is C19H16ClN3O4. The van der Waals surface area contributed by atoms with Crippen LogP contribution in [0.4, 0.5) is 5.69 Å². The molecule has 27 heavy (non-hydrogen) atoms. The Morgan fingerprint density at radius 3 is 2.26 bits per heavy atom. The highest BCUT2D eigenvalue weighted by Gasteiger charge is 2.36. The number of hydrogen-bond donors (Lipinski definition) is 1. The summed E-state index contributed by atoms with van der Waals surface area (Å²) in [7, 11) is 1.43. The van der Waals surface area contributed by atoms with E-state index in [1.165, 1.54) is 7.05 Å². The van der Waals surface area contributed by atoms with Crippen LogP contribution in [0.25, 0.3) is 0 Å². The van der Waals surface area contributed by atoms with Crippen LogP contribution in [0.15, 0.2) is 48.5 Å². The van der Waals surface area contributed by atoms with Gasteiger partial charge in [-0.2, -0.15) is 0 Å². The zero-order valence-electron chi connectivity index (χ0n) is 14.4. The number of imide groups is 1. The minimum atomic E-state index is -0.522. The number of benzene rings is 2.